The largest absolute Gasteiger partial charge is 0.465 e. The number of halogens is 1. The Bertz CT molecular complexity index is 722. The highest BCUT2D eigenvalue weighted by molar-refractivity contribution is 5.86. The van der Waals surface area contributed by atoms with Crippen LogP contribution in [0.2, 0.25) is 0 Å². The van der Waals surface area contributed by atoms with E-state index in [4.69, 9.17) is 0 Å². The summed E-state index contributed by atoms with van der Waals surface area (Å²) in [6.45, 7) is 13.3. The van der Waals surface area contributed by atoms with E-state index in [2.05, 4.69) is 11.8 Å². The molecule has 7 heteroatoms. The molecule has 1 fully saturated rings. The first kappa shape index (κ1) is 24.0. The normalized spacial score (nSPS) is 16.5. The van der Waals surface area contributed by atoms with Crippen molar-refractivity contribution in [3.8, 4) is 0 Å². The molecule has 0 spiro atoms. The summed E-state index contributed by atoms with van der Waals surface area (Å²) < 4.78 is 13.3. The summed E-state index contributed by atoms with van der Waals surface area (Å²) in [5.41, 5.74) is 0.310. The average Bonchev–Trinajstić information content (AvgIpc) is 2.66. The molecule has 1 heterocycles. The minimum Gasteiger partial charge on any atom is -0.465 e. The molecule has 0 radical (unpaired) electrons. The zero-order valence-corrected chi connectivity index (χ0v) is 19.1. The van der Waals surface area contributed by atoms with E-state index in [-0.39, 0.29) is 23.7 Å². The standard InChI is InChI=1S/C23H36FN3O3/c1-7-26(18-10-8-17(24)9-11-18)19-12-14-25(15-13-19)21(28)20(16(2)3)27(22(29)30)23(4,5)6/h8-11,16,19-20H,7,12-15H2,1-6H3,(H,29,30)/t20-/m0/s1. The molecule has 2 rings (SSSR count). The molecular weight excluding hydrogens is 385 g/mol. The van der Waals surface area contributed by atoms with Crippen LogP contribution in [-0.2, 0) is 4.79 Å². The van der Waals surface area contributed by atoms with Gasteiger partial charge in [0.1, 0.15) is 11.9 Å². The van der Waals surface area contributed by atoms with Crippen LogP contribution in [0, 0.1) is 11.7 Å². The van der Waals surface area contributed by atoms with Crippen LogP contribution >= 0.6 is 0 Å². The molecule has 1 saturated heterocycles. The summed E-state index contributed by atoms with van der Waals surface area (Å²) in [5, 5.41) is 9.79. The maximum Gasteiger partial charge on any atom is 0.408 e. The topological polar surface area (TPSA) is 64.1 Å². The van der Waals surface area contributed by atoms with Crippen molar-refractivity contribution in [2.24, 2.45) is 5.92 Å². The molecule has 1 aliphatic rings. The van der Waals surface area contributed by atoms with Gasteiger partial charge in [0.05, 0.1) is 0 Å². The third-order valence-electron chi connectivity index (χ3n) is 5.81. The highest BCUT2D eigenvalue weighted by atomic mass is 19.1. The number of likely N-dealkylation sites (tertiary alicyclic amines) is 1. The second kappa shape index (κ2) is 9.67. The monoisotopic (exact) mass is 421 g/mol. The van der Waals surface area contributed by atoms with E-state index in [1.807, 2.05) is 34.6 Å². The van der Waals surface area contributed by atoms with E-state index in [1.165, 1.54) is 17.0 Å². The van der Waals surface area contributed by atoms with E-state index in [1.54, 1.807) is 17.0 Å². The van der Waals surface area contributed by atoms with Crippen LogP contribution in [0.5, 0.6) is 0 Å². The lowest BCUT2D eigenvalue weighted by Crippen LogP contribution is -2.60. The molecule has 0 aromatic heterocycles. The number of hydrogen-bond donors (Lipinski definition) is 1. The van der Waals surface area contributed by atoms with Gasteiger partial charge in [-0.25, -0.2) is 9.18 Å². The number of benzene rings is 1. The Morgan fingerprint density at radius 2 is 1.70 bits per heavy atom. The van der Waals surface area contributed by atoms with Crippen molar-refractivity contribution in [3.63, 3.8) is 0 Å². The minimum atomic E-state index is -1.07. The summed E-state index contributed by atoms with van der Waals surface area (Å²) >= 11 is 0. The number of nitrogens with zero attached hydrogens (tertiary/aromatic N) is 3. The first-order valence-corrected chi connectivity index (χ1v) is 10.8. The molecular formula is C23H36FN3O3. The van der Waals surface area contributed by atoms with Gasteiger partial charge in [-0.3, -0.25) is 9.69 Å². The fourth-order valence-corrected chi connectivity index (χ4v) is 4.39. The Labute approximate surface area is 179 Å². The van der Waals surface area contributed by atoms with E-state index in [0.717, 1.165) is 25.1 Å². The molecule has 168 valence electrons. The number of carbonyl (C=O) groups is 2. The Balaban J connectivity index is 2.12. The number of rotatable bonds is 6. The van der Waals surface area contributed by atoms with Gasteiger partial charge in [-0.1, -0.05) is 13.8 Å². The summed E-state index contributed by atoms with van der Waals surface area (Å²) in [7, 11) is 0. The summed E-state index contributed by atoms with van der Waals surface area (Å²) in [6.07, 6.45) is 0.521. The lowest BCUT2D eigenvalue weighted by Gasteiger charge is -2.44. The Morgan fingerprint density at radius 1 is 1.17 bits per heavy atom. The van der Waals surface area contributed by atoms with Crippen molar-refractivity contribution < 1.29 is 19.1 Å². The lowest BCUT2D eigenvalue weighted by molar-refractivity contribution is -0.141. The average molecular weight is 422 g/mol. The van der Waals surface area contributed by atoms with Crippen LogP contribution in [-0.4, -0.2) is 64.2 Å². The number of amides is 2. The Morgan fingerprint density at radius 3 is 2.10 bits per heavy atom. The Kier molecular flexibility index (Phi) is 7.72. The summed E-state index contributed by atoms with van der Waals surface area (Å²) in [6, 6.07) is 6.07. The number of carboxylic acid groups (broad SMARTS) is 1. The molecule has 0 unspecified atom stereocenters. The van der Waals surface area contributed by atoms with E-state index in [0.29, 0.717) is 13.1 Å². The Hall–Kier alpha value is -2.31. The molecule has 1 aliphatic heterocycles. The van der Waals surface area contributed by atoms with Crippen LogP contribution in [0.4, 0.5) is 14.9 Å². The first-order chi connectivity index (χ1) is 14.0. The second-order valence-corrected chi connectivity index (χ2v) is 9.33. The van der Waals surface area contributed by atoms with Gasteiger partial charge in [0.25, 0.3) is 0 Å². The van der Waals surface area contributed by atoms with Crippen LogP contribution in [0.25, 0.3) is 0 Å². The van der Waals surface area contributed by atoms with Gasteiger partial charge >= 0.3 is 6.09 Å². The predicted molar refractivity (Wildman–Crippen MR) is 117 cm³/mol. The smallest absolute Gasteiger partial charge is 0.408 e. The lowest BCUT2D eigenvalue weighted by atomic mass is 9.93. The van der Waals surface area contributed by atoms with Crippen molar-refractivity contribution >= 4 is 17.7 Å². The molecule has 0 bridgehead atoms. The molecule has 1 aromatic carbocycles. The van der Waals surface area contributed by atoms with Gasteiger partial charge in [-0.15, -0.1) is 0 Å². The van der Waals surface area contributed by atoms with E-state index >= 15 is 0 Å². The molecule has 1 N–H and O–H groups in total. The molecule has 30 heavy (non-hydrogen) atoms. The van der Waals surface area contributed by atoms with Crippen LogP contribution < -0.4 is 4.90 Å². The van der Waals surface area contributed by atoms with Crippen molar-refractivity contribution in [1.82, 2.24) is 9.80 Å². The fourth-order valence-electron chi connectivity index (χ4n) is 4.39. The minimum absolute atomic E-state index is 0.120. The molecule has 0 saturated carbocycles. The molecule has 1 atom stereocenters. The first-order valence-electron chi connectivity index (χ1n) is 10.8. The van der Waals surface area contributed by atoms with Crippen LogP contribution in [0.3, 0.4) is 0 Å². The van der Waals surface area contributed by atoms with Gasteiger partial charge in [0, 0.05) is 36.9 Å². The second-order valence-electron chi connectivity index (χ2n) is 9.33. The number of anilines is 1. The van der Waals surface area contributed by atoms with Crippen molar-refractivity contribution in [3.05, 3.63) is 30.1 Å². The van der Waals surface area contributed by atoms with Gasteiger partial charge in [0.2, 0.25) is 5.91 Å². The van der Waals surface area contributed by atoms with E-state index < -0.39 is 17.7 Å². The third kappa shape index (κ3) is 5.43. The van der Waals surface area contributed by atoms with Crippen LogP contribution in [0.15, 0.2) is 24.3 Å². The maximum atomic E-state index is 13.4. The zero-order valence-electron chi connectivity index (χ0n) is 19.1. The van der Waals surface area contributed by atoms with Crippen molar-refractivity contribution in [1.29, 1.82) is 0 Å². The van der Waals surface area contributed by atoms with E-state index in [9.17, 15) is 19.1 Å². The number of hydrogen-bond acceptors (Lipinski definition) is 3. The highest BCUT2D eigenvalue weighted by Gasteiger charge is 2.41. The van der Waals surface area contributed by atoms with Crippen molar-refractivity contribution in [2.75, 3.05) is 24.5 Å². The van der Waals surface area contributed by atoms with Gasteiger partial charge in [-0.2, -0.15) is 0 Å². The quantitative estimate of drug-likeness (QED) is 0.737. The van der Waals surface area contributed by atoms with Crippen LogP contribution in [0.1, 0.15) is 54.4 Å². The molecule has 6 nitrogen and oxygen atoms in total. The maximum absolute atomic E-state index is 13.4. The third-order valence-corrected chi connectivity index (χ3v) is 5.81. The molecule has 2 amide bonds. The summed E-state index contributed by atoms with van der Waals surface area (Å²) in [4.78, 5) is 30.7. The van der Waals surface area contributed by atoms with Crippen molar-refractivity contribution in [2.45, 2.75) is 72.0 Å². The highest BCUT2D eigenvalue weighted by Crippen LogP contribution is 2.27. The fraction of sp³-hybridized carbons (Fsp3) is 0.652. The predicted octanol–water partition coefficient (Wildman–Crippen LogP) is 4.45. The van der Waals surface area contributed by atoms with Gasteiger partial charge in [-0.05, 0) is 70.7 Å². The zero-order chi connectivity index (χ0) is 22.6. The molecule has 1 aromatic rings. The van der Waals surface area contributed by atoms with Gasteiger partial charge < -0.3 is 14.9 Å². The summed E-state index contributed by atoms with van der Waals surface area (Å²) in [5.74, 6) is -0.501. The number of piperidine rings is 1. The van der Waals surface area contributed by atoms with Gasteiger partial charge in [0.15, 0.2) is 0 Å². The molecule has 0 aliphatic carbocycles. The SMILES string of the molecule is CCN(c1ccc(F)cc1)C1CCN(C(=O)[C@H](C(C)C)N(C(=O)O)C(C)(C)C)CC1. The number of carbonyl (C=O) groups excluding carboxylic acids is 1.